The van der Waals surface area contributed by atoms with Gasteiger partial charge in [0.15, 0.2) is 0 Å². The zero-order valence-corrected chi connectivity index (χ0v) is 12.4. The Kier molecular flexibility index (Phi) is 5.86. The Morgan fingerprint density at radius 3 is 3.00 bits per heavy atom. The van der Waals surface area contributed by atoms with E-state index in [1.54, 1.807) is 0 Å². The fourth-order valence-electron chi connectivity index (χ4n) is 2.91. The minimum Gasteiger partial charge on any atom is -0.313 e. The van der Waals surface area contributed by atoms with Crippen LogP contribution in [0.15, 0.2) is 12.3 Å². The van der Waals surface area contributed by atoms with Crippen molar-refractivity contribution in [1.29, 1.82) is 0 Å². The maximum Gasteiger partial charge on any atom is 0.0524 e. The fraction of sp³-hybridized carbons (Fsp3) is 0.800. The van der Waals surface area contributed by atoms with Gasteiger partial charge in [0.05, 0.1) is 5.69 Å². The average molecular weight is 264 g/mol. The van der Waals surface area contributed by atoms with E-state index in [4.69, 9.17) is 0 Å². The summed E-state index contributed by atoms with van der Waals surface area (Å²) in [5.74, 6) is 0. The lowest BCUT2D eigenvalue weighted by Gasteiger charge is -2.25. The van der Waals surface area contributed by atoms with Gasteiger partial charge in [-0.15, -0.1) is 0 Å². The molecule has 1 atom stereocenters. The number of nitrogens with one attached hydrogen (secondary N) is 1. The molecule has 19 heavy (non-hydrogen) atoms. The number of aromatic nitrogens is 2. The van der Waals surface area contributed by atoms with Crippen LogP contribution in [0.1, 0.15) is 45.2 Å². The highest BCUT2D eigenvalue weighted by molar-refractivity contribution is 5.00. The third-order valence-electron chi connectivity index (χ3n) is 3.81. The molecule has 1 saturated heterocycles. The number of rotatable bonds is 8. The number of nitrogens with zero attached hydrogens (tertiary/aromatic N) is 3. The van der Waals surface area contributed by atoms with E-state index in [1.807, 2.05) is 6.20 Å². The van der Waals surface area contributed by atoms with Gasteiger partial charge in [0.25, 0.3) is 0 Å². The predicted octanol–water partition coefficient (Wildman–Crippen LogP) is 2.26. The van der Waals surface area contributed by atoms with E-state index in [0.717, 1.165) is 19.5 Å². The van der Waals surface area contributed by atoms with Gasteiger partial charge in [-0.25, -0.2) is 0 Å². The van der Waals surface area contributed by atoms with E-state index in [0.29, 0.717) is 6.04 Å². The lowest BCUT2D eigenvalue weighted by molar-refractivity contribution is 0.234. The second-order valence-corrected chi connectivity index (χ2v) is 5.57. The van der Waals surface area contributed by atoms with Crippen LogP contribution in [-0.2, 0) is 13.1 Å². The molecule has 2 rings (SSSR count). The van der Waals surface area contributed by atoms with Crippen molar-refractivity contribution in [3.05, 3.63) is 18.0 Å². The molecule has 1 aromatic heterocycles. The molecule has 1 unspecified atom stereocenters. The molecule has 2 heterocycles. The van der Waals surface area contributed by atoms with Gasteiger partial charge in [-0.05, 0) is 44.8 Å². The van der Waals surface area contributed by atoms with Crippen molar-refractivity contribution < 1.29 is 0 Å². The molecule has 0 amide bonds. The number of aryl methyl sites for hydroxylation is 1. The molecular weight excluding hydrogens is 236 g/mol. The topological polar surface area (TPSA) is 33.1 Å². The number of hydrogen-bond donors (Lipinski definition) is 1. The van der Waals surface area contributed by atoms with Crippen molar-refractivity contribution in [1.82, 2.24) is 20.0 Å². The lowest BCUT2D eigenvalue weighted by Crippen LogP contribution is -2.38. The maximum absolute atomic E-state index is 4.43. The first-order valence-corrected chi connectivity index (χ1v) is 7.80. The predicted molar refractivity (Wildman–Crippen MR) is 79.1 cm³/mol. The number of hydrogen-bond acceptors (Lipinski definition) is 3. The van der Waals surface area contributed by atoms with Crippen LogP contribution in [0.25, 0.3) is 0 Å². The molecular formula is C15H28N4. The Hall–Kier alpha value is -0.870. The first-order chi connectivity index (χ1) is 9.33. The minimum atomic E-state index is 0.689. The van der Waals surface area contributed by atoms with Crippen LogP contribution in [0.3, 0.4) is 0 Å². The van der Waals surface area contributed by atoms with Gasteiger partial charge in [0, 0.05) is 31.9 Å². The first-order valence-electron chi connectivity index (χ1n) is 7.80. The molecule has 0 saturated carbocycles. The van der Waals surface area contributed by atoms with E-state index in [9.17, 15) is 0 Å². The van der Waals surface area contributed by atoms with E-state index < -0.39 is 0 Å². The van der Waals surface area contributed by atoms with Crippen molar-refractivity contribution in [2.24, 2.45) is 0 Å². The molecule has 1 aliphatic heterocycles. The summed E-state index contributed by atoms with van der Waals surface area (Å²) in [7, 11) is 0. The minimum absolute atomic E-state index is 0.689. The van der Waals surface area contributed by atoms with Crippen LogP contribution in [-0.4, -0.2) is 40.4 Å². The Labute approximate surface area is 117 Å². The second kappa shape index (κ2) is 7.65. The lowest BCUT2D eigenvalue weighted by atomic mass is 10.2. The average Bonchev–Trinajstić information content (AvgIpc) is 3.03. The van der Waals surface area contributed by atoms with Gasteiger partial charge in [-0.1, -0.05) is 13.8 Å². The highest BCUT2D eigenvalue weighted by Gasteiger charge is 2.18. The van der Waals surface area contributed by atoms with Gasteiger partial charge in [-0.3, -0.25) is 9.58 Å². The zero-order valence-electron chi connectivity index (χ0n) is 12.4. The Balaban J connectivity index is 1.92. The van der Waals surface area contributed by atoms with E-state index in [1.165, 1.54) is 44.6 Å². The molecule has 0 bridgehead atoms. The molecule has 1 N–H and O–H groups in total. The summed E-state index contributed by atoms with van der Waals surface area (Å²) in [6.07, 6.45) is 6.96. The van der Waals surface area contributed by atoms with Crippen molar-refractivity contribution in [2.45, 2.75) is 58.7 Å². The van der Waals surface area contributed by atoms with Crippen LogP contribution in [0.5, 0.6) is 0 Å². The monoisotopic (exact) mass is 264 g/mol. The van der Waals surface area contributed by atoms with E-state index >= 15 is 0 Å². The van der Waals surface area contributed by atoms with Crippen LogP contribution in [0.4, 0.5) is 0 Å². The Bertz CT molecular complexity index is 355. The molecule has 4 nitrogen and oxygen atoms in total. The standard InChI is InChI=1S/C15H28N4/c1-3-10-18(12-14-6-5-8-16-14)13-15-7-9-17-19(15)11-4-2/h7,9,14,16H,3-6,8,10-13H2,1-2H3. The van der Waals surface area contributed by atoms with Crippen LogP contribution >= 0.6 is 0 Å². The van der Waals surface area contributed by atoms with Crippen molar-refractivity contribution in [3.63, 3.8) is 0 Å². The summed E-state index contributed by atoms with van der Waals surface area (Å²) in [6, 6.07) is 2.86. The van der Waals surface area contributed by atoms with Crippen LogP contribution < -0.4 is 5.32 Å². The molecule has 1 aromatic rings. The van der Waals surface area contributed by atoms with E-state index in [2.05, 4.69) is 39.9 Å². The fourth-order valence-corrected chi connectivity index (χ4v) is 2.91. The third kappa shape index (κ3) is 4.32. The zero-order chi connectivity index (χ0) is 13.5. The van der Waals surface area contributed by atoms with Crippen LogP contribution in [0.2, 0.25) is 0 Å². The normalized spacial score (nSPS) is 19.4. The summed E-state index contributed by atoms with van der Waals surface area (Å²) >= 11 is 0. The molecule has 0 spiro atoms. The van der Waals surface area contributed by atoms with E-state index in [-0.39, 0.29) is 0 Å². The highest BCUT2D eigenvalue weighted by atomic mass is 15.3. The highest BCUT2D eigenvalue weighted by Crippen LogP contribution is 2.11. The molecule has 4 heteroatoms. The second-order valence-electron chi connectivity index (χ2n) is 5.57. The largest absolute Gasteiger partial charge is 0.313 e. The van der Waals surface area contributed by atoms with Gasteiger partial charge >= 0.3 is 0 Å². The van der Waals surface area contributed by atoms with Gasteiger partial charge in [0.1, 0.15) is 0 Å². The molecule has 108 valence electrons. The molecule has 0 aliphatic carbocycles. The third-order valence-corrected chi connectivity index (χ3v) is 3.81. The van der Waals surface area contributed by atoms with Crippen LogP contribution in [0, 0.1) is 0 Å². The van der Waals surface area contributed by atoms with Gasteiger partial charge in [-0.2, -0.15) is 5.10 Å². The van der Waals surface area contributed by atoms with Gasteiger partial charge < -0.3 is 5.32 Å². The summed E-state index contributed by atoms with van der Waals surface area (Å²) in [5.41, 5.74) is 1.35. The smallest absolute Gasteiger partial charge is 0.0524 e. The van der Waals surface area contributed by atoms with Crippen molar-refractivity contribution in [3.8, 4) is 0 Å². The van der Waals surface area contributed by atoms with Crippen molar-refractivity contribution >= 4 is 0 Å². The molecule has 0 radical (unpaired) electrons. The van der Waals surface area contributed by atoms with Crippen molar-refractivity contribution in [2.75, 3.05) is 19.6 Å². The SMILES string of the molecule is CCCN(Cc1ccnn1CCC)CC1CCCN1. The Morgan fingerprint density at radius 2 is 2.32 bits per heavy atom. The molecule has 1 aliphatic rings. The molecule has 0 aromatic carbocycles. The maximum atomic E-state index is 4.43. The summed E-state index contributed by atoms with van der Waals surface area (Å²) in [6.45, 7) is 10.1. The Morgan fingerprint density at radius 1 is 1.42 bits per heavy atom. The van der Waals surface area contributed by atoms with Gasteiger partial charge in [0.2, 0.25) is 0 Å². The summed E-state index contributed by atoms with van der Waals surface area (Å²) in [4.78, 5) is 2.58. The molecule has 1 fully saturated rings. The summed E-state index contributed by atoms with van der Waals surface area (Å²) in [5, 5.41) is 8.03. The first kappa shape index (κ1) is 14.5. The summed E-state index contributed by atoms with van der Waals surface area (Å²) < 4.78 is 2.16. The quantitative estimate of drug-likeness (QED) is 0.782.